The largest absolute Gasteiger partial charge is 0.457 e. The maximum atomic E-state index is 8.80. The number of hydrogen-bond donors (Lipinski definition) is 2. The van der Waals surface area contributed by atoms with Gasteiger partial charge in [-0.05, 0) is 30.3 Å². The average Bonchev–Trinajstić information content (AvgIpc) is 2.44. The number of nitrogens with zero attached hydrogens (tertiary/aromatic N) is 1. The molecule has 0 saturated carbocycles. The van der Waals surface area contributed by atoms with Gasteiger partial charge in [0, 0.05) is 10.5 Å². The smallest absolute Gasteiger partial charge is 0.173 e. The van der Waals surface area contributed by atoms with E-state index in [2.05, 4.69) is 21.1 Å². The fraction of sp³-hybridized carbons (Fsp3) is 0. The summed E-state index contributed by atoms with van der Waals surface area (Å²) in [6, 6.07) is 10.0. The Labute approximate surface area is 133 Å². The monoisotopic (exact) mass is 374 g/mol. The molecule has 0 radical (unpaired) electrons. The van der Waals surface area contributed by atoms with Gasteiger partial charge in [0.25, 0.3) is 0 Å². The molecule has 0 aliphatic carbocycles. The second-order valence-corrected chi connectivity index (χ2v) is 5.53. The first-order valence-corrected chi connectivity index (χ1v) is 6.96. The number of benzene rings is 2. The third kappa shape index (κ3) is 3.36. The van der Waals surface area contributed by atoms with Crippen LogP contribution in [0.4, 0.5) is 0 Å². The minimum atomic E-state index is -0.0543. The summed E-state index contributed by atoms with van der Waals surface area (Å²) in [4.78, 5) is 0. The average molecular weight is 376 g/mol. The Morgan fingerprint density at radius 2 is 1.90 bits per heavy atom. The predicted molar refractivity (Wildman–Crippen MR) is 83.2 cm³/mol. The molecule has 0 aliphatic heterocycles. The van der Waals surface area contributed by atoms with E-state index in [0.717, 1.165) is 4.47 Å². The van der Waals surface area contributed by atoms with Crippen LogP contribution in [0.3, 0.4) is 0 Å². The van der Waals surface area contributed by atoms with Crippen molar-refractivity contribution in [3.63, 3.8) is 0 Å². The molecule has 4 nitrogen and oxygen atoms in total. The second kappa shape index (κ2) is 6.35. The summed E-state index contributed by atoms with van der Waals surface area (Å²) in [5, 5.41) is 12.6. The number of halogens is 3. The van der Waals surface area contributed by atoms with Crippen LogP contribution in [0.1, 0.15) is 5.56 Å². The molecule has 0 saturated heterocycles. The molecule has 0 aliphatic rings. The number of ether oxygens (including phenoxy) is 1. The Balaban J connectivity index is 2.40. The van der Waals surface area contributed by atoms with Crippen molar-refractivity contribution >= 4 is 45.0 Å². The first kappa shape index (κ1) is 15.0. The molecule has 0 aromatic heterocycles. The van der Waals surface area contributed by atoms with Crippen LogP contribution < -0.4 is 10.5 Å². The molecule has 20 heavy (non-hydrogen) atoms. The molecule has 2 aromatic rings. The van der Waals surface area contributed by atoms with Crippen molar-refractivity contribution < 1.29 is 9.94 Å². The Morgan fingerprint density at radius 3 is 2.55 bits per heavy atom. The van der Waals surface area contributed by atoms with Gasteiger partial charge in [-0.1, -0.05) is 44.3 Å². The predicted octanol–water partition coefficient (Wildman–Crippen LogP) is 4.64. The van der Waals surface area contributed by atoms with Crippen molar-refractivity contribution in [2.75, 3.05) is 0 Å². The molecule has 0 amide bonds. The summed E-state index contributed by atoms with van der Waals surface area (Å²) in [5.74, 6) is 0.872. The zero-order chi connectivity index (χ0) is 14.7. The quantitative estimate of drug-likeness (QED) is 0.355. The van der Waals surface area contributed by atoms with Crippen LogP contribution in [0.25, 0.3) is 0 Å². The standard InChI is InChI=1S/C13H9BrCl2N2O2/c14-7-1-4-12(9(5-7)13(17)18-19)20-8-2-3-10(15)11(16)6-8/h1-6,19H,(H2,17,18). The van der Waals surface area contributed by atoms with E-state index in [1.165, 1.54) is 0 Å². The van der Waals surface area contributed by atoms with Crippen LogP contribution in [-0.2, 0) is 0 Å². The van der Waals surface area contributed by atoms with E-state index in [9.17, 15) is 0 Å². The van der Waals surface area contributed by atoms with Crippen molar-refractivity contribution in [2.24, 2.45) is 10.9 Å². The van der Waals surface area contributed by atoms with E-state index in [-0.39, 0.29) is 5.84 Å². The maximum Gasteiger partial charge on any atom is 0.173 e. The van der Waals surface area contributed by atoms with Crippen molar-refractivity contribution in [3.8, 4) is 11.5 Å². The molecule has 3 N–H and O–H groups in total. The normalized spacial score (nSPS) is 11.4. The van der Waals surface area contributed by atoms with Gasteiger partial charge in [0.15, 0.2) is 5.84 Å². The Morgan fingerprint density at radius 1 is 1.15 bits per heavy atom. The number of amidine groups is 1. The Hall–Kier alpha value is -1.43. The van der Waals surface area contributed by atoms with Gasteiger partial charge in [-0.2, -0.15) is 0 Å². The number of nitrogens with two attached hydrogens (primary N) is 1. The first-order chi connectivity index (χ1) is 9.51. The van der Waals surface area contributed by atoms with E-state index in [4.69, 9.17) is 38.9 Å². The third-order valence-electron chi connectivity index (χ3n) is 2.44. The molecule has 0 bridgehead atoms. The molecule has 7 heteroatoms. The SMILES string of the molecule is N/C(=N/O)c1cc(Br)ccc1Oc1ccc(Cl)c(Cl)c1. The Kier molecular flexibility index (Phi) is 4.75. The first-order valence-electron chi connectivity index (χ1n) is 5.41. The van der Waals surface area contributed by atoms with Crippen LogP contribution >= 0.6 is 39.1 Å². The molecule has 2 aromatic carbocycles. The summed E-state index contributed by atoms with van der Waals surface area (Å²) < 4.78 is 6.47. The zero-order valence-electron chi connectivity index (χ0n) is 9.98. The van der Waals surface area contributed by atoms with Gasteiger partial charge >= 0.3 is 0 Å². The summed E-state index contributed by atoms with van der Waals surface area (Å²) in [6.45, 7) is 0. The lowest BCUT2D eigenvalue weighted by atomic mass is 10.2. The van der Waals surface area contributed by atoms with E-state index >= 15 is 0 Å². The second-order valence-electron chi connectivity index (χ2n) is 3.80. The highest BCUT2D eigenvalue weighted by molar-refractivity contribution is 9.10. The van der Waals surface area contributed by atoms with Crippen molar-refractivity contribution in [3.05, 3.63) is 56.5 Å². The van der Waals surface area contributed by atoms with Crippen molar-refractivity contribution in [1.29, 1.82) is 0 Å². The highest BCUT2D eigenvalue weighted by Gasteiger charge is 2.11. The fourth-order valence-electron chi connectivity index (χ4n) is 1.51. The van der Waals surface area contributed by atoms with Gasteiger partial charge < -0.3 is 15.7 Å². The van der Waals surface area contributed by atoms with Crippen LogP contribution in [0.2, 0.25) is 10.0 Å². The van der Waals surface area contributed by atoms with Gasteiger partial charge in [0.2, 0.25) is 0 Å². The molecule has 104 valence electrons. The number of oxime groups is 1. The number of rotatable bonds is 3. The third-order valence-corrected chi connectivity index (χ3v) is 3.68. The summed E-state index contributed by atoms with van der Waals surface area (Å²) in [6.07, 6.45) is 0. The van der Waals surface area contributed by atoms with Crippen LogP contribution in [0.15, 0.2) is 46.0 Å². The van der Waals surface area contributed by atoms with Crippen molar-refractivity contribution in [2.45, 2.75) is 0 Å². The lowest BCUT2D eigenvalue weighted by Gasteiger charge is -2.11. The minimum absolute atomic E-state index is 0.0543. The topological polar surface area (TPSA) is 67.8 Å². The molecule has 0 heterocycles. The zero-order valence-corrected chi connectivity index (χ0v) is 13.1. The van der Waals surface area contributed by atoms with Gasteiger partial charge in [0.05, 0.1) is 15.6 Å². The van der Waals surface area contributed by atoms with Crippen LogP contribution in [0.5, 0.6) is 11.5 Å². The maximum absolute atomic E-state index is 8.80. The van der Waals surface area contributed by atoms with Gasteiger partial charge in [-0.15, -0.1) is 0 Å². The van der Waals surface area contributed by atoms with Crippen LogP contribution in [-0.4, -0.2) is 11.0 Å². The Bertz CT molecular complexity index is 677. The molecular formula is C13H9BrCl2N2O2. The fourth-order valence-corrected chi connectivity index (χ4v) is 2.16. The molecular weight excluding hydrogens is 367 g/mol. The highest BCUT2D eigenvalue weighted by atomic mass is 79.9. The lowest BCUT2D eigenvalue weighted by molar-refractivity contribution is 0.318. The van der Waals surface area contributed by atoms with E-state index in [1.54, 1.807) is 36.4 Å². The lowest BCUT2D eigenvalue weighted by Crippen LogP contribution is -2.14. The van der Waals surface area contributed by atoms with E-state index in [1.807, 2.05) is 0 Å². The van der Waals surface area contributed by atoms with Gasteiger partial charge in [-0.25, -0.2) is 0 Å². The molecule has 0 fully saturated rings. The van der Waals surface area contributed by atoms with E-state index < -0.39 is 0 Å². The highest BCUT2D eigenvalue weighted by Crippen LogP contribution is 2.32. The molecule has 2 rings (SSSR count). The van der Waals surface area contributed by atoms with Gasteiger partial charge in [0.1, 0.15) is 11.5 Å². The van der Waals surface area contributed by atoms with Crippen LogP contribution in [0, 0.1) is 0 Å². The summed E-state index contributed by atoms with van der Waals surface area (Å²) in [5.41, 5.74) is 6.08. The van der Waals surface area contributed by atoms with Gasteiger partial charge in [-0.3, -0.25) is 0 Å². The number of hydrogen-bond acceptors (Lipinski definition) is 3. The van der Waals surface area contributed by atoms with Crippen molar-refractivity contribution in [1.82, 2.24) is 0 Å². The summed E-state index contributed by atoms with van der Waals surface area (Å²) in [7, 11) is 0. The summed E-state index contributed by atoms with van der Waals surface area (Å²) >= 11 is 15.1. The molecule has 0 atom stereocenters. The van der Waals surface area contributed by atoms with E-state index in [0.29, 0.717) is 27.1 Å². The minimum Gasteiger partial charge on any atom is -0.457 e. The molecule has 0 unspecified atom stereocenters. The molecule has 0 spiro atoms.